The molecule has 0 fully saturated rings. The zero-order valence-electron chi connectivity index (χ0n) is 21.8. The third-order valence-electron chi connectivity index (χ3n) is 5.50. The average molecular weight is 537 g/mol. The largest absolute Gasteiger partial charge is 0.484 e. The van der Waals surface area contributed by atoms with E-state index in [1.807, 2.05) is 33.8 Å². The van der Waals surface area contributed by atoms with Crippen LogP contribution in [0.5, 0.6) is 5.75 Å². The molecule has 0 atom stereocenters. The fourth-order valence-corrected chi connectivity index (χ4v) is 4.86. The van der Waals surface area contributed by atoms with Crippen LogP contribution in [-0.4, -0.2) is 45.6 Å². The van der Waals surface area contributed by atoms with Crippen molar-refractivity contribution in [1.82, 2.24) is 10.7 Å². The molecule has 2 N–H and O–H groups in total. The van der Waals surface area contributed by atoms with Crippen LogP contribution < -0.4 is 19.8 Å². The van der Waals surface area contributed by atoms with E-state index >= 15 is 0 Å². The lowest BCUT2D eigenvalue weighted by Gasteiger charge is -2.24. The fourth-order valence-electron chi connectivity index (χ4n) is 3.42. The molecule has 38 heavy (non-hydrogen) atoms. The number of carbonyl (C=O) groups is 2. The van der Waals surface area contributed by atoms with Crippen molar-refractivity contribution < 1.29 is 22.7 Å². The van der Waals surface area contributed by atoms with E-state index in [9.17, 15) is 18.0 Å². The lowest BCUT2D eigenvalue weighted by atomic mass is 10.1. The molecule has 0 aliphatic heterocycles. The molecule has 0 aromatic heterocycles. The highest BCUT2D eigenvalue weighted by molar-refractivity contribution is 7.92. The van der Waals surface area contributed by atoms with Crippen molar-refractivity contribution in [2.24, 2.45) is 5.10 Å². The summed E-state index contributed by atoms with van der Waals surface area (Å²) < 4.78 is 33.3. The minimum atomic E-state index is -4.00. The van der Waals surface area contributed by atoms with Gasteiger partial charge in [0.05, 0.1) is 16.8 Å². The first-order chi connectivity index (χ1) is 18.1. The number of nitrogens with zero attached hydrogens (tertiary/aromatic N) is 2. The highest BCUT2D eigenvalue weighted by Crippen LogP contribution is 2.25. The van der Waals surface area contributed by atoms with Crippen molar-refractivity contribution in [2.75, 3.05) is 17.5 Å². The molecule has 0 spiro atoms. The van der Waals surface area contributed by atoms with E-state index in [2.05, 4.69) is 15.8 Å². The van der Waals surface area contributed by atoms with Gasteiger partial charge in [-0.15, -0.1) is 0 Å². The summed E-state index contributed by atoms with van der Waals surface area (Å²) in [5.41, 5.74) is 5.36. The molecule has 200 valence electrons. The van der Waals surface area contributed by atoms with Gasteiger partial charge in [0.1, 0.15) is 12.3 Å². The zero-order valence-corrected chi connectivity index (χ0v) is 22.7. The topological polar surface area (TPSA) is 117 Å². The maximum atomic E-state index is 13.4. The second-order valence-corrected chi connectivity index (χ2v) is 10.8. The van der Waals surface area contributed by atoms with Crippen molar-refractivity contribution in [3.8, 4) is 5.75 Å². The molecular formula is C28H32N4O5S. The smallest absolute Gasteiger partial charge is 0.264 e. The second kappa shape index (κ2) is 12.9. The van der Waals surface area contributed by atoms with E-state index in [0.29, 0.717) is 17.0 Å². The Labute approximate surface area is 223 Å². The molecule has 0 radical (unpaired) electrons. The van der Waals surface area contributed by atoms with E-state index in [1.54, 1.807) is 54.6 Å². The number of amides is 2. The maximum Gasteiger partial charge on any atom is 0.264 e. The summed E-state index contributed by atoms with van der Waals surface area (Å²) in [6.07, 6.45) is 1.43. The van der Waals surface area contributed by atoms with Crippen LogP contribution in [0, 0.1) is 13.8 Å². The third-order valence-corrected chi connectivity index (χ3v) is 7.29. The molecule has 0 bridgehead atoms. The van der Waals surface area contributed by atoms with Crippen molar-refractivity contribution in [2.45, 2.75) is 38.6 Å². The van der Waals surface area contributed by atoms with Crippen LogP contribution in [-0.2, 0) is 19.6 Å². The lowest BCUT2D eigenvalue weighted by molar-refractivity contribution is -0.123. The van der Waals surface area contributed by atoms with Crippen LogP contribution in [0.4, 0.5) is 5.69 Å². The summed E-state index contributed by atoms with van der Waals surface area (Å²) in [6, 6.07) is 20.0. The first-order valence-corrected chi connectivity index (χ1v) is 13.5. The number of benzene rings is 3. The van der Waals surface area contributed by atoms with E-state index in [1.165, 1.54) is 18.3 Å². The Balaban J connectivity index is 1.67. The molecule has 0 saturated heterocycles. The Kier molecular flexibility index (Phi) is 9.61. The highest BCUT2D eigenvalue weighted by atomic mass is 32.2. The van der Waals surface area contributed by atoms with E-state index in [-0.39, 0.29) is 23.5 Å². The number of ether oxygens (including phenoxy) is 1. The predicted molar refractivity (Wildman–Crippen MR) is 148 cm³/mol. The van der Waals surface area contributed by atoms with Crippen LogP contribution >= 0.6 is 0 Å². The van der Waals surface area contributed by atoms with Crippen LogP contribution in [0.3, 0.4) is 0 Å². The molecular weight excluding hydrogens is 504 g/mol. The average Bonchev–Trinajstić information content (AvgIpc) is 2.88. The van der Waals surface area contributed by atoms with Crippen LogP contribution in [0.25, 0.3) is 0 Å². The van der Waals surface area contributed by atoms with Gasteiger partial charge in [-0.05, 0) is 92.9 Å². The number of carbonyl (C=O) groups excluding carboxylic acids is 2. The monoisotopic (exact) mass is 536 g/mol. The number of anilines is 1. The lowest BCUT2D eigenvalue weighted by Crippen LogP contribution is -2.39. The summed E-state index contributed by atoms with van der Waals surface area (Å²) >= 11 is 0. The van der Waals surface area contributed by atoms with Crippen molar-refractivity contribution >= 4 is 33.7 Å². The molecule has 3 aromatic rings. The first kappa shape index (κ1) is 28.4. The summed E-state index contributed by atoms with van der Waals surface area (Å²) in [5, 5.41) is 6.70. The summed E-state index contributed by atoms with van der Waals surface area (Å²) in [7, 11) is -4.00. The zero-order chi connectivity index (χ0) is 27.7. The summed E-state index contributed by atoms with van der Waals surface area (Å²) in [5.74, 6) is -0.298. The van der Waals surface area contributed by atoms with Gasteiger partial charge in [0.2, 0.25) is 0 Å². The third kappa shape index (κ3) is 7.91. The number of rotatable bonds is 11. The van der Waals surface area contributed by atoms with Crippen molar-refractivity contribution in [3.63, 3.8) is 0 Å². The van der Waals surface area contributed by atoms with Crippen LogP contribution in [0.2, 0.25) is 0 Å². The van der Waals surface area contributed by atoms with Gasteiger partial charge in [0, 0.05) is 6.04 Å². The normalized spacial score (nSPS) is 11.4. The molecule has 0 aliphatic rings. The van der Waals surface area contributed by atoms with Gasteiger partial charge >= 0.3 is 0 Å². The molecule has 10 heteroatoms. The highest BCUT2D eigenvalue weighted by Gasteiger charge is 2.27. The molecule has 0 aliphatic carbocycles. The minimum absolute atomic E-state index is 0.0337. The van der Waals surface area contributed by atoms with Crippen molar-refractivity contribution in [1.29, 1.82) is 0 Å². The van der Waals surface area contributed by atoms with Crippen molar-refractivity contribution in [3.05, 3.63) is 89.5 Å². The molecule has 0 saturated carbocycles. The van der Waals surface area contributed by atoms with E-state index in [0.717, 1.165) is 15.4 Å². The maximum absolute atomic E-state index is 13.4. The predicted octanol–water partition coefficient (Wildman–Crippen LogP) is 3.55. The number of hydrogen-bond acceptors (Lipinski definition) is 6. The van der Waals surface area contributed by atoms with Gasteiger partial charge in [0.15, 0.2) is 6.61 Å². The fraction of sp³-hybridized carbons (Fsp3) is 0.250. The van der Waals surface area contributed by atoms with Gasteiger partial charge in [-0.2, -0.15) is 5.10 Å². The summed E-state index contributed by atoms with van der Waals surface area (Å²) in [6.45, 7) is 7.00. The number of nitrogens with one attached hydrogen (secondary N) is 2. The first-order valence-electron chi connectivity index (χ1n) is 12.1. The molecule has 0 unspecified atom stereocenters. The van der Waals surface area contributed by atoms with Gasteiger partial charge in [-0.25, -0.2) is 13.8 Å². The molecule has 0 heterocycles. The standard InChI is InChI=1S/C28H32N4O5S/c1-20(2)30-28(34)19-37-25-14-11-23(12-15-25)17-29-31-27(33)18-32(24-13-10-21(3)22(4)16-24)38(35,36)26-8-6-5-7-9-26/h5-17,20H,18-19H2,1-4H3,(H,30,34)(H,31,33)/b29-17-. The number of sulfonamides is 1. The van der Waals surface area contributed by atoms with E-state index in [4.69, 9.17) is 4.74 Å². The molecule has 3 aromatic carbocycles. The van der Waals surface area contributed by atoms with Gasteiger partial charge in [0.25, 0.3) is 21.8 Å². The second-order valence-electron chi connectivity index (χ2n) is 8.97. The Morgan fingerprint density at radius 3 is 2.26 bits per heavy atom. The molecule has 3 rings (SSSR count). The number of aryl methyl sites for hydroxylation is 2. The molecule has 2 amide bonds. The van der Waals surface area contributed by atoms with Crippen LogP contribution in [0.1, 0.15) is 30.5 Å². The minimum Gasteiger partial charge on any atom is -0.484 e. The van der Waals surface area contributed by atoms with Gasteiger partial charge in [-0.1, -0.05) is 24.3 Å². The van der Waals surface area contributed by atoms with Crippen LogP contribution in [0.15, 0.2) is 82.8 Å². The SMILES string of the molecule is Cc1ccc(N(CC(=O)N/N=C\c2ccc(OCC(=O)NC(C)C)cc2)S(=O)(=O)c2ccccc2)cc1C. The quantitative estimate of drug-likeness (QED) is 0.287. The Morgan fingerprint density at radius 1 is 0.947 bits per heavy atom. The van der Waals surface area contributed by atoms with Gasteiger partial charge < -0.3 is 10.1 Å². The summed E-state index contributed by atoms with van der Waals surface area (Å²) in [4.78, 5) is 24.5. The molecule has 9 nitrogen and oxygen atoms in total. The Morgan fingerprint density at radius 2 is 1.63 bits per heavy atom. The Hall–Kier alpha value is -4.18. The number of hydrogen-bond donors (Lipinski definition) is 2. The van der Waals surface area contributed by atoms with Gasteiger partial charge in [-0.3, -0.25) is 13.9 Å². The van der Waals surface area contributed by atoms with E-state index < -0.39 is 22.5 Å². The number of hydrazone groups is 1. The Bertz CT molecular complexity index is 1390.